The van der Waals surface area contributed by atoms with Crippen molar-refractivity contribution in [1.29, 1.82) is 0 Å². The predicted octanol–water partition coefficient (Wildman–Crippen LogP) is 4.15. The standard InChI is InChI=1S/C26H36N2O5S/c1-20(2)14-17-33-24-12-8-22(18-25(24)32-3)19-27-26(29)13-9-21-6-10-23(11-7-21)34(30,31)28-15-4-5-16-28/h6-8,10-12,18,20H,4-5,9,13-17,19H2,1-3H3,(H,27,29). The van der Waals surface area contributed by atoms with E-state index in [0.717, 1.165) is 30.4 Å². The van der Waals surface area contributed by atoms with Crippen LogP contribution in [0.4, 0.5) is 0 Å². The van der Waals surface area contributed by atoms with Crippen molar-refractivity contribution in [2.45, 2.75) is 57.4 Å². The molecular formula is C26H36N2O5S. The normalized spacial score (nSPS) is 14.4. The number of carbonyl (C=O) groups excluding carboxylic acids is 1. The number of nitrogens with zero attached hydrogens (tertiary/aromatic N) is 1. The van der Waals surface area contributed by atoms with Gasteiger partial charge in [0.2, 0.25) is 15.9 Å². The van der Waals surface area contributed by atoms with Crippen LogP contribution in [0.15, 0.2) is 47.4 Å². The first-order valence-corrected chi connectivity index (χ1v) is 13.4. The zero-order valence-electron chi connectivity index (χ0n) is 20.4. The second-order valence-electron chi connectivity index (χ2n) is 9.05. The zero-order valence-corrected chi connectivity index (χ0v) is 21.2. The Labute approximate surface area is 203 Å². The van der Waals surface area contributed by atoms with Crippen molar-refractivity contribution in [2.24, 2.45) is 5.92 Å². The first-order valence-electron chi connectivity index (χ1n) is 11.9. The van der Waals surface area contributed by atoms with E-state index >= 15 is 0 Å². The van der Waals surface area contributed by atoms with Crippen molar-refractivity contribution in [1.82, 2.24) is 9.62 Å². The fourth-order valence-corrected chi connectivity index (χ4v) is 5.32. The van der Waals surface area contributed by atoms with Gasteiger partial charge in [0.15, 0.2) is 11.5 Å². The molecule has 0 unspecified atom stereocenters. The SMILES string of the molecule is COc1cc(CNC(=O)CCc2ccc(S(=O)(=O)N3CCCC3)cc2)ccc1OCCC(C)C. The molecule has 1 saturated heterocycles. The molecule has 1 heterocycles. The molecule has 186 valence electrons. The van der Waals surface area contributed by atoms with E-state index in [1.54, 1.807) is 31.4 Å². The fourth-order valence-electron chi connectivity index (χ4n) is 3.80. The molecule has 1 N–H and O–H groups in total. The van der Waals surface area contributed by atoms with E-state index in [9.17, 15) is 13.2 Å². The number of hydrogen-bond donors (Lipinski definition) is 1. The van der Waals surface area contributed by atoms with Crippen molar-refractivity contribution < 1.29 is 22.7 Å². The average Bonchev–Trinajstić information content (AvgIpc) is 3.38. The van der Waals surface area contributed by atoms with Crippen LogP contribution in [0.3, 0.4) is 0 Å². The second-order valence-corrected chi connectivity index (χ2v) is 11.0. The highest BCUT2D eigenvalue weighted by molar-refractivity contribution is 7.89. The van der Waals surface area contributed by atoms with Crippen LogP contribution in [0.1, 0.15) is 50.7 Å². The summed E-state index contributed by atoms with van der Waals surface area (Å²) in [6, 6.07) is 12.5. The van der Waals surface area contributed by atoms with Crippen LogP contribution in [-0.4, -0.2) is 45.4 Å². The van der Waals surface area contributed by atoms with E-state index in [1.165, 1.54) is 4.31 Å². The molecular weight excluding hydrogens is 452 g/mol. The summed E-state index contributed by atoms with van der Waals surface area (Å²) < 4.78 is 38.0. The lowest BCUT2D eigenvalue weighted by Gasteiger charge is -2.15. The molecule has 0 bridgehead atoms. The molecule has 1 aliphatic rings. The molecule has 0 aliphatic carbocycles. The number of hydrogen-bond acceptors (Lipinski definition) is 5. The molecule has 0 atom stereocenters. The number of carbonyl (C=O) groups is 1. The third kappa shape index (κ3) is 7.21. The van der Waals surface area contributed by atoms with Gasteiger partial charge in [-0.15, -0.1) is 0 Å². The topological polar surface area (TPSA) is 84.9 Å². The Bertz CT molecular complexity index is 1050. The zero-order chi connectivity index (χ0) is 24.6. The quantitative estimate of drug-likeness (QED) is 0.485. The highest BCUT2D eigenvalue weighted by atomic mass is 32.2. The van der Waals surface area contributed by atoms with Crippen molar-refractivity contribution >= 4 is 15.9 Å². The molecule has 0 radical (unpaired) electrons. The molecule has 1 fully saturated rings. The van der Waals surface area contributed by atoms with Gasteiger partial charge in [0.1, 0.15) is 0 Å². The molecule has 1 aliphatic heterocycles. The fraction of sp³-hybridized carbons (Fsp3) is 0.500. The Morgan fingerprint density at radius 2 is 1.71 bits per heavy atom. The minimum absolute atomic E-state index is 0.0648. The van der Waals surface area contributed by atoms with Crippen LogP contribution < -0.4 is 14.8 Å². The Kier molecular flexibility index (Phi) is 9.36. The summed E-state index contributed by atoms with van der Waals surface area (Å²) in [6.07, 6.45) is 3.66. The van der Waals surface area contributed by atoms with E-state index in [0.29, 0.717) is 61.4 Å². The second kappa shape index (κ2) is 12.2. The number of amides is 1. The molecule has 0 spiro atoms. The van der Waals surface area contributed by atoms with Crippen molar-refractivity contribution in [3.63, 3.8) is 0 Å². The van der Waals surface area contributed by atoms with Crippen LogP contribution in [-0.2, 0) is 27.8 Å². The number of rotatable bonds is 12. The molecule has 0 aromatic heterocycles. The first kappa shape index (κ1) is 26.0. The summed E-state index contributed by atoms with van der Waals surface area (Å²) in [7, 11) is -1.80. The summed E-state index contributed by atoms with van der Waals surface area (Å²) in [5.74, 6) is 1.86. The average molecular weight is 489 g/mol. The Morgan fingerprint density at radius 1 is 1.03 bits per heavy atom. The number of benzene rings is 2. The monoisotopic (exact) mass is 488 g/mol. The maximum absolute atomic E-state index is 12.6. The van der Waals surface area contributed by atoms with Gasteiger partial charge < -0.3 is 14.8 Å². The maximum Gasteiger partial charge on any atom is 0.243 e. The summed E-state index contributed by atoms with van der Waals surface area (Å²) in [5, 5.41) is 2.93. The minimum atomic E-state index is -3.41. The summed E-state index contributed by atoms with van der Waals surface area (Å²) in [5.41, 5.74) is 1.86. The minimum Gasteiger partial charge on any atom is -0.493 e. The third-order valence-electron chi connectivity index (χ3n) is 5.94. The third-order valence-corrected chi connectivity index (χ3v) is 7.85. The highest BCUT2D eigenvalue weighted by Crippen LogP contribution is 2.28. The Balaban J connectivity index is 1.47. The maximum atomic E-state index is 12.6. The molecule has 8 heteroatoms. The summed E-state index contributed by atoms with van der Waals surface area (Å²) in [4.78, 5) is 12.7. The summed E-state index contributed by atoms with van der Waals surface area (Å²) >= 11 is 0. The van der Waals surface area contributed by atoms with Gasteiger partial charge in [-0.1, -0.05) is 32.0 Å². The highest BCUT2D eigenvalue weighted by Gasteiger charge is 2.26. The molecule has 1 amide bonds. The number of nitrogens with one attached hydrogen (secondary N) is 1. The lowest BCUT2D eigenvalue weighted by Crippen LogP contribution is -2.27. The van der Waals surface area contributed by atoms with Crippen molar-refractivity contribution in [3.8, 4) is 11.5 Å². The first-order chi connectivity index (χ1) is 16.3. The molecule has 2 aromatic rings. The molecule has 7 nitrogen and oxygen atoms in total. The Morgan fingerprint density at radius 3 is 2.35 bits per heavy atom. The summed E-state index contributed by atoms with van der Waals surface area (Å²) in [6.45, 7) is 6.51. The van der Waals surface area contributed by atoms with Gasteiger partial charge in [0.05, 0.1) is 18.6 Å². The van der Waals surface area contributed by atoms with Gasteiger partial charge in [0, 0.05) is 26.1 Å². The molecule has 2 aromatic carbocycles. The largest absolute Gasteiger partial charge is 0.493 e. The molecule has 0 saturated carbocycles. The van der Waals surface area contributed by atoms with Gasteiger partial charge in [-0.2, -0.15) is 4.31 Å². The van der Waals surface area contributed by atoms with Crippen LogP contribution >= 0.6 is 0 Å². The van der Waals surface area contributed by atoms with E-state index < -0.39 is 10.0 Å². The predicted molar refractivity (Wildman–Crippen MR) is 133 cm³/mol. The number of sulfonamides is 1. The van der Waals surface area contributed by atoms with E-state index in [-0.39, 0.29) is 5.91 Å². The van der Waals surface area contributed by atoms with Crippen LogP contribution in [0.5, 0.6) is 11.5 Å². The van der Waals surface area contributed by atoms with E-state index in [2.05, 4.69) is 19.2 Å². The van der Waals surface area contributed by atoms with Crippen molar-refractivity contribution in [2.75, 3.05) is 26.8 Å². The smallest absolute Gasteiger partial charge is 0.243 e. The van der Waals surface area contributed by atoms with Gasteiger partial charge in [-0.3, -0.25) is 4.79 Å². The Hall–Kier alpha value is -2.58. The van der Waals surface area contributed by atoms with Crippen LogP contribution in [0.25, 0.3) is 0 Å². The molecule has 3 rings (SSSR count). The van der Waals surface area contributed by atoms with E-state index in [4.69, 9.17) is 9.47 Å². The van der Waals surface area contributed by atoms with Gasteiger partial charge >= 0.3 is 0 Å². The van der Waals surface area contributed by atoms with Gasteiger partial charge in [-0.05, 0) is 67.0 Å². The molecule has 34 heavy (non-hydrogen) atoms. The van der Waals surface area contributed by atoms with Crippen LogP contribution in [0.2, 0.25) is 0 Å². The number of methoxy groups -OCH3 is 1. The van der Waals surface area contributed by atoms with Crippen LogP contribution in [0, 0.1) is 5.92 Å². The van der Waals surface area contributed by atoms with Gasteiger partial charge in [-0.25, -0.2) is 8.42 Å². The van der Waals surface area contributed by atoms with Crippen molar-refractivity contribution in [3.05, 3.63) is 53.6 Å². The lowest BCUT2D eigenvalue weighted by atomic mass is 10.1. The number of aryl methyl sites for hydroxylation is 1. The van der Waals surface area contributed by atoms with E-state index in [1.807, 2.05) is 18.2 Å². The number of ether oxygens (including phenoxy) is 2. The lowest BCUT2D eigenvalue weighted by molar-refractivity contribution is -0.121. The van der Waals surface area contributed by atoms with Gasteiger partial charge in [0.25, 0.3) is 0 Å².